The van der Waals surface area contributed by atoms with Gasteiger partial charge in [0.15, 0.2) is 11.9 Å². The molecule has 1 fully saturated rings. The molecule has 1 aliphatic heterocycles. The van der Waals surface area contributed by atoms with Crippen LogP contribution in [0.4, 0.5) is 23.3 Å². The predicted molar refractivity (Wildman–Crippen MR) is 295 cm³/mol. The zero-order chi connectivity index (χ0) is 54.7. The first-order chi connectivity index (χ1) is 36.7. The molecular weight excluding hydrogens is 969 g/mol. The van der Waals surface area contributed by atoms with Gasteiger partial charge in [0.05, 0.1) is 37.1 Å². The van der Waals surface area contributed by atoms with Crippen LogP contribution in [0.5, 0.6) is 0 Å². The standard InChI is InChI=1S/C55H72N14O7/c1-7-37-31-40(19-20-42(37)50(57)41-14-9-8-13-38(41)32-61-54-65-55(68-25-21-39(56)22-26-68)64-51-44(36(2)3)33-62-69(51)54)63-48(72)18-11-24-66(5)27-30-76-29-23-59-49(73)34-60-46-16-10-15-43(45(46)35-71)53(75)67(6)47(17-12-28-70)52(74)58-4/h7-11,13-16,18-20,28,31,33,35-36,39,47,60H,12,17,21-27,29-30,32,34,56-57H2,1-6H3,(H,58,74)(H,59,73)(H,63,72)(H,61,64,65)/b18-11+,37-7-,50-42-. The van der Waals surface area contributed by atoms with Crippen molar-refractivity contribution in [3.8, 4) is 0 Å². The zero-order valence-corrected chi connectivity index (χ0v) is 44.3. The molecule has 3 heterocycles. The average molecular weight is 1040 g/mol. The number of nitrogens with one attached hydrogen (secondary N) is 5. The quantitative estimate of drug-likeness (QED) is 0.0238. The molecule has 9 N–H and O–H groups in total. The molecule has 1 atom stereocenters. The minimum absolute atomic E-state index is 0.0338. The fourth-order valence-electron chi connectivity index (χ4n) is 8.72. The lowest BCUT2D eigenvalue weighted by atomic mass is 10.0. The number of likely N-dealkylation sites (N-methyl/N-ethyl adjacent to an activating group) is 3. The van der Waals surface area contributed by atoms with E-state index < -0.39 is 17.9 Å². The third-order valence-corrected chi connectivity index (χ3v) is 13.2. The number of carbonyl (C=O) groups is 6. The van der Waals surface area contributed by atoms with E-state index in [1.165, 1.54) is 31.1 Å². The average Bonchev–Trinajstić information content (AvgIpc) is 3.88. The Kier molecular flexibility index (Phi) is 21.1. The molecule has 0 saturated carbocycles. The van der Waals surface area contributed by atoms with Gasteiger partial charge >= 0.3 is 0 Å². The van der Waals surface area contributed by atoms with Crippen LogP contribution in [0.25, 0.3) is 17.4 Å². The number of aromatic nitrogens is 4. The van der Waals surface area contributed by atoms with Crippen molar-refractivity contribution in [1.29, 1.82) is 0 Å². The molecule has 1 saturated heterocycles. The Morgan fingerprint density at radius 3 is 2.45 bits per heavy atom. The summed E-state index contributed by atoms with van der Waals surface area (Å²) in [5.74, 6) is -0.203. The van der Waals surface area contributed by atoms with E-state index in [1.54, 1.807) is 22.7 Å². The fourth-order valence-corrected chi connectivity index (χ4v) is 8.72. The van der Waals surface area contributed by atoms with Gasteiger partial charge in [-0.3, -0.25) is 24.0 Å². The molecule has 0 radical (unpaired) electrons. The number of anilines is 4. The summed E-state index contributed by atoms with van der Waals surface area (Å²) in [6, 6.07) is 17.5. The van der Waals surface area contributed by atoms with Crippen molar-refractivity contribution in [3.63, 3.8) is 0 Å². The molecular formula is C55H72N14O7. The van der Waals surface area contributed by atoms with Gasteiger partial charge in [-0.15, -0.1) is 0 Å². The number of hydrogen-bond donors (Lipinski definition) is 7. The Balaban J connectivity index is 0.952. The predicted octanol–water partition coefficient (Wildman–Crippen LogP) is 2.35. The van der Waals surface area contributed by atoms with Gasteiger partial charge in [-0.2, -0.15) is 19.6 Å². The van der Waals surface area contributed by atoms with Crippen molar-refractivity contribution >= 4 is 76.9 Å². The summed E-state index contributed by atoms with van der Waals surface area (Å²) in [5, 5.41) is 21.0. The van der Waals surface area contributed by atoms with Crippen LogP contribution < -0.4 is 53.4 Å². The fraction of sp³-hybridized carbons (Fsp3) is 0.400. The molecule has 0 bridgehead atoms. The highest BCUT2D eigenvalue weighted by Gasteiger charge is 2.29. The maximum atomic E-state index is 13.4. The van der Waals surface area contributed by atoms with E-state index in [-0.39, 0.29) is 73.1 Å². The van der Waals surface area contributed by atoms with Crippen molar-refractivity contribution in [2.75, 3.05) is 94.5 Å². The van der Waals surface area contributed by atoms with Gasteiger partial charge in [-0.05, 0) is 74.2 Å². The van der Waals surface area contributed by atoms with E-state index in [2.05, 4.69) is 50.4 Å². The minimum Gasteiger partial charge on any atom is -0.398 e. The second-order valence-electron chi connectivity index (χ2n) is 18.8. The van der Waals surface area contributed by atoms with Crippen LogP contribution in [-0.4, -0.2) is 151 Å². The Hall–Kier alpha value is -8.01. The number of amides is 4. The van der Waals surface area contributed by atoms with E-state index in [1.807, 2.05) is 73.6 Å². The van der Waals surface area contributed by atoms with Crippen LogP contribution in [0.2, 0.25) is 0 Å². The Labute approximate surface area is 443 Å². The van der Waals surface area contributed by atoms with Crippen LogP contribution >= 0.6 is 0 Å². The molecule has 76 heavy (non-hydrogen) atoms. The van der Waals surface area contributed by atoms with Crippen molar-refractivity contribution in [1.82, 2.24) is 40.0 Å². The van der Waals surface area contributed by atoms with Crippen molar-refractivity contribution in [3.05, 3.63) is 117 Å². The van der Waals surface area contributed by atoms with Crippen LogP contribution in [0, 0.1) is 0 Å². The summed E-state index contributed by atoms with van der Waals surface area (Å²) >= 11 is 0. The largest absolute Gasteiger partial charge is 0.398 e. The summed E-state index contributed by atoms with van der Waals surface area (Å²) in [4.78, 5) is 89.8. The second kappa shape index (κ2) is 28.0. The monoisotopic (exact) mass is 1040 g/mol. The molecule has 6 rings (SSSR count). The van der Waals surface area contributed by atoms with Crippen molar-refractivity contribution in [2.45, 2.75) is 71.0 Å². The third-order valence-electron chi connectivity index (χ3n) is 13.2. The van der Waals surface area contributed by atoms with E-state index in [0.717, 1.165) is 58.7 Å². The Morgan fingerprint density at radius 2 is 1.72 bits per heavy atom. The smallest absolute Gasteiger partial charge is 0.255 e. The third kappa shape index (κ3) is 15.1. The molecule has 21 heteroatoms. The summed E-state index contributed by atoms with van der Waals surface area (Å²) in [5.41, 5.74) is 18.4. The number of carbonyl (C=O) groups excluding carboxylic acids is 6. The molecule has 3 aromatic carbocycles. The summed E-state index contributed by atoms with van der Waals surface area (Å²) in [6.45, 7) is 9.93. The molecule has 1 unspecified atom stereocenters. The zero-order valence-electron chi connectivity index (χ0n) is 44.3. The first-order valence-corrected chi connectivity index (χ1v) is 25.6. The number of benzene rings is 3. The number of aldehydes is 2. The van der Waals surface area contributed by atoms with E-state index in [4.69, 9.17) is 26.2 Å². The highest BCUT2D eigenvalue weighted by Crippen LogP contribution is 2.26. The van der Waals surface area contributed by atoms with Crippen LogP contribution in [-0.2, 0) is 30.5 Å². The summed E-state index contributed by atoms with van der Waals surface area (Å²) in [6.07, 6.45) is 10.2. The van der Waals surface area contributed by atoms with Crippen LogP contribution in [0.1, 0.15) is 89.8 Å². The molecule has 0 spiro atoms. The Morgan fingerprint density at radius 1 is 0.961 bits per heavy atom. The molecule has 1 aliphatic rings. The van der Waals surface area contributed by atoms with Gasteiger partial charge < -0.3 is 62.3 Å². The van der Waals surface area contributed by atoms with Crippen LogP contribution in [0.15, 0.2) is 79.0 Å². The van der Waals surface area contributed by atoms with Crippen molar-refractivity contribution in [2.24, 2.45) is 11.5 Å². The molecule has 5 aromatic rings. The van der Waals surface area contributed by atoms with Crippen molar-refractivity contribution < 1.29 is 33.5 Å². The molecule has 404 valence electrons. The second-order valence-corrected chi connectivity index (χ2v) is 18.8. The minimum atomic E-state index is -0.918. The number of piperidine rings is 1. The van der Waals surface area contributed by atoms with Gasteiger partial charge in [0.25, 0.3) is 5.91 Å². The molecule has 2 aromatic heterocycles. The molecule has 4 amide bonds. The SMILES string of the molecule is C/C=c1/cc(NC(=O)/C=C/CN(C)CCOCCNC(=O)CNc2cccc(C(=O)N(C)C(CCC=O)C(=O)NC)c2C=O)cc/c1=C(/N)c1ccccc1CNc1nc(N2CCC(N)CC2)nc2c(C(C)C)cnn12. The molecule has 0 aliphatic carbocycles. The van der Waals surface area contributed by atoms with Gasteiger partial charge in [0.2, 0.25) is 29.6 Å². The number of rotatable bonds is 26. The number of fused-ring (bicyclic) bond motifs is 1. The van der Waals surface area contributed by atoms with Gasteiger partial charge in [-0.1, -0.05) is 62.4 Å². The first-order valence-electron chi connectivity index (χ1n) is 25.6. The van der Waals surface area contributed by atoms with E-state index in [9.17, 15) is 28.8 Å². The van der Waals surface area contributed by atoms with Gasteiger partial charge in [0.1, 0.15) is 12.3 Å². The number of nitrogens with zero attached hydrogens (tertiary/aromatic N) is 7. The number of ether oxygens (including phenoxy) is 1. The normalized spacial score (nSPS) is 14.0. The molecule has 21 nitrogen and oxygen atoms in total. The maximum absolute atomic E-state index is 13.4. The highest BCUT2D eigenvalue weighted by molar-refractivity contribution is 6.06. The van der Waals surface area contributed by atoms with Gasteiger partial charge in [-0.25, -0.2) is 0 Å². The number of hydrogen-bond acceptors (Lipinski definition) is 16. The maximum Gasteiger partial charge on any atom is 0.255 e. The highest BCUT2D eigenvalue weighted by atomic mass is 16.5. The Bertz CT molecular complexity index is 3000. The van der Waals surface area contributed by atoms with Gasteiger partial charge in [0, 0.05) is 105 Å². The topological polar surface area (TPSA) is 277 Å². The van der Waals surface area contributed by atoms with Crippen LogP contribution in [0.3, 0.4) is 0 Å². The number of nitrogens with two attached hydrogens (primary N) is 2. The summed E-state index contributed by atoms with van der Waals surface area (Å²) in [7, 11) is 4.77. The van der Waals surface area contributed by atoms with E-state index in [0.29, 0.717) is 62.1 Å². The lowest BCUT2D eigenvalue weighted by molar-refractivity contribution is -0.125. The van der Waals surface area contributed by atoms with E-state index >= 15 is 0 Å². The lowest BCUT2D eigenvalue weighted by Gasteiger charge is -2.30. The summed E-state index contributed by atoms with van der Waals surface area (Å²) < 4.78 is 7.47. The first kappa shape index (κ1) is 57.3. The lowest BCUT2D eigenvalue weighted by Crippen LogP contribution is -2.47.